The van der Waals surface area contributed by atoms with E-state index in [0.717, 1.165) is 37.5 Å². The van der Waals surface area contributed by atoms with E-state index in [2.05, 4.69) is 31.2 Å². The Hall–Kier alpha value is -1.07. The first-order valence-corrected chi connectivity index (χ1v) is 7.02. The molecule has 5 heteroatoms. The van der Waals surface area contributed by atoms with Gasteiger partial charge in [-0.15, -0.1) is 0 Å². The van der Waals surface area contributed by atoms with Gasteiger partial charge in [0.05, 0.1) is 25.0 Å². The SMILES string of the molecule is CCCOCCC(NC)c1c(OC)cnn1C(C)C. The molecule has 0 saturated heterocycles. The maximum atomic E-state index is 5.58. The summed E-state index contributed by atoms with van der Waals surface area (Å²) < 4.78 is 13.0. The summed E-state index contributed by atoms with van der Waals surface area (Å²) >= 11 is 0. The van der Waals surface area contributed by atoms with E-state index in [4.69, 9.17) is 9.47 Å². The summed E-state index contributed by atoms with van der Waals surface area (Å²) in [6.45, 7) is 7.92. The summed E-state index contributed by atoms with van der Waals surface area (Å²) in [6, 6.07) is 0.503. The van der Waals surface area contributed by atoms with Crippen LogP contribution in [0.5, 0.6) is 5.75 Å². The molecule has 0 aliphatic carbocycles. The molecule has 19 heavy (non-hydrogen) atoms. The average Bonchev–Trinajstić information content (AvgIpc) is 2.83. The highest BCUT2D eigenvalue weighted by molar-refractivity contribution is 5.28. The molecule has 0 aromatic carbocycles. The maximum absolute atomic E-state index is 5.58. The highest BCUT2D eigenvalue weighted by Gasteiger charge is 2.21. The third-order valence-corrected chi connectivity index (χ3v) is 3.09. The number of nitrogens with one attached hydrogen (secondary N) is 1. The highest BCUT2D eigenvalue weighted by atomic mass is 16.5. The molecular weight excluding hydrogens is 242 g/mol. The zero-order valence-electron chi connectivity index (χ0n) is 12.8. The lowest BCUT2D eigenvalue weighted by molar-refractivity contribution is 0.124. The van der Waals surface area contributed by atoms with Crippen LogP contribution in [0.25, 0.3) is 0 Å². The zero-order valence-corrected chi connectivity index (χ0v) is 12.8. The molecular formula is C14H27N3O2. The molecule has 110 valence electrons. The number of nitrogens with zero attached hydrogens (tertiary/aromatic N) is 2. The van der Waals surface area contributed by atoms with Crippen LogP contribution in [-0.4, -0.2) is 37.2 Å². The molecule has 1 rings (SSSR count). The summed E-state index contributed by atoms with van der Waals surface area (Å²) in [6.07, 6.45) is 3.75. The van der Waals surface area contributed by atoms with E-state index in [9.17, 15) is 0 Å². The Morgan fingerprint density at radius 1 is 1.37 bits per heavy atom. The molecule has 0 aliphatic rings. The van der Waals surface area contributed by atoms with Gasteiger partial charge in [0.2, 0.25) is 0 Å². The first kappa shape index (κ1) is 16.0. The Labute approximate surface area is 116 Å². The smallest absolute Gasteiger partial charge is 0.161 e. The van der Waals surface area contributed by atoms with Gasteiger partial charge in [-0.25, -0.2) is 0 Å². The summed E-state index contributed by atoms with van der Waals surface area (Å²) in [5.74, 6) is 0.837. The van der Waals surface area contributed by atoms with E-state index in [1.807, 2.05) is 11.7 Å². The van der Waals surface area contributed by atoms with Crippen LogP contribution >= 0.6 is 0 Å². The lowest BCUT2D eigenvalue weighted by atomic mass is 10.1. The molecule has 0 bridgehead atoms. The molecule has 0 fully saturated rings. The second-order valence-electron chi connectivity index (χ2n) is 4.88. The van der Waals surface area contributed by atoms with Gasteiger partial charge in [0, 0.05) is 19.3 Å². The van der Waals surface area contributed by atoms with E-state index < -0.39 is 0 Å². The van der Waals surface area contributed by atoms with E-state index in [1.54, 1.807) is 13.3 Å². The fourth-order valence-corrected chi connectivity index (χ4v) is 2.12. The van der Waals surface area contributed by atoms with Crippen molar-refractivity contribution in [2.45, 2.75) is 45.7 Å². The van der Waals surface area contributed by atoms with Crippen molar-refractivity contribution >= 4 is 0 Å². The van der Waals surface area contributed by atoms with E-state index in [-0.39, 0.29) is 6.04 Å². The second kappa shape index (κ2) is 8.17. The first-order valence-electron chi connectivity index (χ1n) is 7.02. The Kier molecular flexibility index (Phi) is 6.87. The minimum atomic E-state index is 0.191. The van der Waals surface area contributed by atoms with Gasteiger partial charge in [-0.2, -0.15) is 5.10 Å². The Balaban J connectivity index is 2.80. The fraction of sp³-hybridized carbons (Fsp3) is 0.786. The lowest BCUT2D eigenvalue weighted by Gasteiger charge is -2.21. The van der Waals surface area contributed by atoms with E-state index in [0.29, 0.717) is 6.04 Å². The molecule has 1 heterocycles. The van der Waals surface area contributed by atoms with Gasteiger partial charge in [-0.3, -0.25) is 4.68 Å². The molecule has 0 radical (unpaired) electrons. The summed E-state index contributed by atoms with van der Waals surface area (Å²) in [5, 5.41) is 7.74. The van der Waals surface area contributed by atoms with Crippen molar-refractivity contribution in [2.75, 3.05) is 27.4 Å². The zero-order chi connectivity index (χ0) is 14.3. The molecule has 5 nitrogen and oxygen atoms in total. The fourth-order valence-electron chi connectivity index (χ4n) is 2.12. The van der Waals surface area contributed by atoms with Crippen molar-refractivity contribution in [3.8, 4) is 5.75 Å². The van der Waals surface area contributed by atoms with Gasteiger partial charge in [0.1, 0.15) is 0 Å². The third-order valence-electron chi connectivity index (χ3n) is 3.09. The van der Waals surface area contributed by atoms with Crippen LogP contribution in [0.3, 0.4) is 0 Å². The Bertz CT molecular complexity index is 364. The molecule has 0 spiro atoms. The van der Waals surface area contributed by atoms with Crippen molar-refractivity contribution in [1.82, 2.24) is 15.1 Å². The van der Waals surface area contributed by atoms with Crippen LogP contribution in [0.2, 0.25) is 0 Å². The average molecular weight is 269 g/mol. The number of rotatable bonds is 9. The molecule has 1 aromatic rings. The molecule has 0 amide bonds. The molecule has 1 aromatic heterocycles. The van der Waals surface area contributed by atoms with Crippen LogP contribution in [-0.2, 0) is 4.74 Å². The van der Waals surface area contributed by atoms with Crippen molar-refractivity contribution < 1.29 is 9.47 Å². The van der Waals surface area contributed by atoms with Crippen LogP contribution in [0.15, 0.2) is 6.20 Å². The standard InChI is InChI=1S/C14H27N3O2/c1-6-8-19-9-7-12(15-4)14-13(18-5)10-16-17(14)11(2)3/h10-12,15H,6-9H2,1-5H3. The predicted molar refractivity (Wildman–Crippen MR) is 76.7 cm³/mol. The van der Waals surface area contributed by atoms with E-state index in [1.165, 1.54) is 0 Å². The number of hydrogen-bond acceptors (Lipinski definition) is 4. The van der Waals surface area contributed by atoms with Crippen molar-refractivity contribution in [3.63, 3.8) is 0 Å². The topological polar surface area (TPSA) is 48.3 Å². The Morgan fingerprint density at radius 3 is 2.63 bits per heavy atom. The summed E-state index contributed by atoms with van der Waals surface area (Å²) in [7, 11) is 3.65. The van der Waals surface area contributed by atoms with Crippen LogP contribution < -0.4 is 10.1 Å². The van der Waals surface area contributed by atoms with Crippen molar-refractivity contribution in [2.24, 2.45) is 0 Å². The predicted octanol–water partition coefficient (Wildman–Crippen LogP) is 2.55. The lowest BCUT2D eigenvalue weighted by Crippen LogP contribution is -2.23. The number of hydrogen-bond donors (Lipinski definition) is 1. The largest absolute Gasteiger partial charge is 0.493 e. The number of methoxy groups -OCH3 is 1. The molecule has 0 saturated carbocycles. The highest BCUT2D eigenvalue weighted by Crippen LogP contribution is 2.29. The van der Waals surface area contributed by atoms with Gasteiger partial charge in [-0.1, -0.05) is 6.92 Å². The van der Waals surface area contributed by atoms with Crippen LogP contribution in [0.4, 0.5) is 0 Å². The van der Waals surface area contributed by atoms with Gasteiger partial charge >= 0.3 is 0 Å². The maximum Gasteiger partial charge on any atom is 0.161 e. The first-order chi connectivity index (χ1) is 9.15. The minimum Gasteiger partial charge on any atom is -0.493 e. The second-order valence-corrected chi connectivity index (χ2v) is 4.88. The summed E-state index contributed by atoms with van der Waals surface area (Å²) in [4.78, 5) is 0. The summed E-state index contributed by atoms with van der Waals surface area (Å²) in [5.41, 5.74) is 1.10. The molecule has 1 N–H and O–H groups in total. The normalized spacial score (nSPS) is 12.9. The minimum absolute atomic E-state index is 0.191. The van der Waals surface area contributed by atoms with Crippen molar-refractivity contribution in [3.05, 3.63) is 11.9 Å². The van der Waals surface area contributed by atoms with Gasteiger partial charge < -0.3 is 14.8 Å². The number of ether oxygens (including phenoxy) is 2. The quantitative estimate of drug-likeness (QED) is 0.700. The number of aromatic nitrogens is 2. The van der Waals surface area contributed by atoms with Gasteiger partial charge in [-0.05, 0) is 33.7 Å². The monoisotopic (exact) mass is 269 g/mol. The Morgan fingerprint density at radius 2 is 2.11 bits per heavy atom. The van der Waals surface area contributed by atoms with Crippen molar-refractivity contribution in [1.29, 1.82) is 0 Å². The van der Waals surface area contributed by atoms with Crippen LogP contribution in [0, 0.1) is 0 Å². The van der Waals surface area contributed by atoms with E-state index >= 15 is 0 Å². The van der Waals surface area contributed by atoms with Gasteiger partial charge in [0.15, 0.2) is 5.75 Å². The molecule has 0 aliphatic heterocycles. The molecule has 1 unspecified atom stereocenters. The van der Waals surface area contributed by atoms with Crippen LogP contribution in [0.1, 0.15) is 51.4 Å². The third kappa shape index (κ3) is 4.21. The van der Waals surface area contributed by atoms with Gasteiger partial charge in [0.25, 0.3) is 0 Å². The molecule has 1 atom stereocenters.